The van der Waals surface area contributed by atoms with Gasteiger partial charge in [-0.05, 0) is 31.9 Å². The second-order valence-electron chi connectivity index (χ2n) is 6.74. The van der Waals surface area contributed by atoms with Crippen molar-refractivity contribution in [3.63, 3.8) is 0 Å². The highest BCUT2D eigenvalue weighted by molar-refractivity contribution is 7.09. The number of thiazole rings is 1. The molecule has 0 aliphatic heterocycles. The maximum atomic E-state index is 12.4. The molecule has 1 N–H and O–H groups in total. The highest BCUT2D eigenvalue weighted by Crippen LogP contribution is 2.21. The Morgan fingerprint density at radius 1 is 1.36 bits per heavy atom. The first kappa shape index (κ1) is 21.4. The van der Waals surface area contributed by atoms with Gasteiger partial charge < -0.3 is 14.8 Å². The third kappa shape index (κ3) is 5.54. The molecule has 0 radical (unpaired) electrons. The lowest BCUT2D eigenvalue weighted by molar-refractivity contribution is -0.125. The summed E-state index contributed by atoms with van der Waals surface area (Å²) < 4.78 is 10.8. The van der Waals surface area contributed by atoms with Crippen LogP contribution in [0, 0.1) is 24.2 Å². The Bertz CT molecular complexity index is 888. The highest BCUT2D eigenvalue weighted by atomic mass is 32.1. The Balaban J connectivity index is 1.97. The summed E-state index contributed by atoms with van der Waals surface area (Å²) in [5.41, 5.74) is -0.0421. The number of esters is 1. The van der Waals surface area contributed by atoms with Gasteiger partial charge in [0.2, 0.25) is 0 Å². The van der Waals surface area contributed by atoms with E-state index in [1.54, 1.807) is 31.2 Å². The summed E-state index contributed by atoms with van der Waals surface area (Å²) in [6, 6.07) is 8.72. The van der Waals surface area contributed by atoms with Crippen molar-refractivity contribution in [3.05, 3.63) is 45.9 Å². The molecule has 0 spiro atoms. The predicted octanol–water partition coefficient (Wildman–Crippen LogP) is 3.24. The first-order valence-electron chi connectivity index (χ1n) is 8.77. The second-order valence-corrected chi connectivity index (χ2v) is 7.80. The Morgan fingerprint density at radius 3 is 2.68 bits per heavy atom. The normalized spacial score (nSPS) is 12.7. The number of amides is 1. The van der Waals surface area contributed by atoms with Gasteiger partial charge in [-0.15, -0.1) is 11.3 Å². The van der Waals surface area contributed by atoms with Gasteiger partial charge in [0.05, 0.1) is 16.8 Å². The third-order valence-corrected chi connectivity index (χ3v) is 5.09. The van der Waals surface area contributed by atoms with Crippen LogP contribution in [-0.2, 0) is 16.1 Å². The molecule has 2 rings (SSSR count). The Hall–Kier alpha value is -2.92. The van der Waals surface area contributed by atoms with E-state index in [0.717, 1.165) is 10.7 Å². The van der Waals surface area contributed by atoms with E-state index in [2.05, 4.69) is 16.4 Å². The molecule has 148 valence electrons. The van der Waals surface area contributed by atoms with Crippen LogP contribution in [0.3, 0.4) is 0 Å². The van der Waals surface area contributed by atoms with E-state index in [9.17, 15) is 14.9 Å². The third-order valence-electron chi connectivity index (χ3n) is 4.27. The van der Waals surface area contributed by atoms with Gasteiger partial charge in [-0.1, -0.05) is 26.0 Å². The number of hydrogen-bond donors (Lipinski definition) is 1. The van der Waals surface area contributed by atoms with Gasteiger partial charge in [-0.3, -0.25) is 4.79 Å². The van der Waals surface area contributed by atoms with Gasteiger partial charge in [-0.25, -0.2) is 9.78 Å². The predicted molar refractivity (Wildman–Crippen MR) is 105 cm³/mol. The van der Waals surface area contributed by atoms with Gasteiger partial charge in [0.15, 0.2) is 6.61 Å². The molecule has 0 saturated carbocycles. The molecular formula is C20H23N3O4S. The Kier molecular flexibility index (Phi) is 7.12. The fourth-order valence-electron chi connectivity index (χ4n) is 2.22. The summed E-state index contributed by atoms with van der Waals surface area (Å²) >= 11 is 1.52. The number of nitrogens with zero attached hydrogens (tertiary/aromatic N) is 2. The van der Waals surface area contributed by atoms with Crippen molar-refractivity contribution in [2.45, 2.75) is 39.8 Å². The molecule has 7 nitrogen and oxygen atoms in total. The number of ether oxygens (including phenoxy) is 2. The molecule has 2 aromatic rings. The second kappa shape index (κ2) is 9.33. The van der Waals surface area contributed by atoms with Gasteiger partial charge >= 0.3 is 5.97 Å². The van der Waals surface area contributed by atoms with Gasteiger partial charge in [-0.2, -0.15) is 5.26 Å². The quantitative estimate of drug-likeness (QED) is 0.682. The highest BCUT2D eigenvalue weighted by Gasteiger charge is 2.30. The van der Waals surface area contributed by atoms with E-state index in [1.165, 1.54) is 11.3 Å². The van der Waals surface area contributed by atoms with Gasteiger partial charge in [0, 0.05) is 5.38 Å². The van der Waals surface area contributed by atoms with Crippen molar-refractivity contribution in [2.75, 3.05) is 6.61 Å². The van der Waals surface area contributed by atoms with Crippen LogP contribution in [0.5, 0.6) is 5.75 Å². The topological polar surface area (TPSA) is 101 Å². The first-order valence-corrected chi connectivity index (χ1v) is 9.65. The smallest absolute Gasteiger partial charge is 0.342 e. The zero-order valence-electron chi connectivity index (χ0n) is 16.3. The number of para-hydroxylation sites is 1. The lowest BCUT2D eigenvalue weighted by Gasteiger charge is -2.27. The molecule has 0 saturated heterocycles. The van der Waals surface area contributed by atoms with Crippen molar-refractivity contribution in [3.8, 4) is 11.8 Å². The summed E-state index contributed by atoms with van der Waals surface area (Å²) in [5, 5.41) is 14.7. The minimum Gasteiger partial charge on any atom is -0.486 e. The number of hydrogen-bond acceptors (Lipinski definition) is 7. The van der Waals surface area contributed by atoms with Crippen LogP contribution < -0.4 is 10.1 Å². The summed E-state index contributed by atoms with van der Waals surface area (Å²) in [6.45, 7) is 6.92. The molecule has 0 fully saturated rings. The number of nitriles is 1. The molecule has 0 aliphatic rings. The molecule has 1 atom stereocenters. The van der Waals surface area contributed by atoms with Crippen LogP contribution in [0.2, 0.25) is 0 Å². The van der Waals surface area contributed by atoms with Crippen LogP contribution in [0.1, 0.15) is 41.8 Å². The summed E-state index contributed by atoms with van der Waals surface area (Å²) in [4.78, 5) is 28.8. The Morgan fingerprint density at radius 2 is 2.07 bits per heavy atom. The van der Waals surface area contributed by atoms with Gasteiger partial charge in [0.1, 0.15) is 23.5 Å². The number of rotatable bonds is 8. The van der Waals surface area contributed by atoms with Crippen molar-refractivity contribution in [1.82, 2.24) is 10.3 Å². The lowest BCUT2D eigenvalue weighted by atomic mass is 9.90. The van der Waals surface area contributed by atoms with Crippen molar-refractivity contribution >= 4 is 23.2 Å². The maximum absolute atomic E-state index is 12.4. The molecular weight excluding hydrogens is 378 g/mol. The van der Waals surface area contributed by atoms with Crippen LogP contribution in [0.15, 0.2) is 29.6 Å². The molecule has 0 aliphatic carbocycles. The van der Waals surface area contributed by atoms with Crippen LogP contribution in [0.25, 0.3) is 0 Å². The monoisotopic (exact) mass is 401 g/mol. The zero-order valence-corrected chi connectivity index (χ0v) is 17.1. The van der Waals surface area contributed by atoms with Crippen LogP contribution in [0.4, 0.5) is 0 Å². The molecule has 1 aromatic heterocycles. The minimum atomic E-state index is -1.03. The average molecular weight is 401 g/mol. The van der Waals surface area contributed by atoms with Crippen molar-refractivity contribution in [2.24, 2.45) is 5.92 Å². The molecule has 1 aromatic carbocycles. The molecule has 0 unspecified atom stereocenters. The summed E-state index contributed by atoms with van der Waals surface area (Å²) in [7, 11) is 0. The fourth-order valence-corrected chi connectivity index (χ4v) is 2.82. The SMILES string of the molecule is Cc1nc(COc2ccccc2C(=O)OCC(=O)N[C@@](C)(C#N)C(C)C)cs1. The van der Waals surface area contributed by atoms with Crippen molar-refractivity contribution in [1.29, 1.82) is 5.26 Å². The summed E-state index contributed by atoms with van der Waals surface area (Å²) in [6.07, 6.45) is 0. The lowest BCUT2D eigenvalue weighted by Crippen LogP contribution is -2.50. The fraction of sp³-hybridized carbons (Fsp3) is 0.400. The number of aromatic nitrogens is 1. The largest absolute Gasteiger partial charge is 0.486 e. The van der Waals surface area contributed by atoms with E-state index < -0.39 is 24.0 Å². The number of benzene rings is 1. The first-order chi connectivity index (χ1) is 13.2. The van der Waals surface area contributed by atoms with Gasteiger partial charge in [0.25, 0.3) is 5.91 Å². The molecule has 28 heavy (non-hydrogen) atoms. The Labute approximate surface area is 168 Å². The molecule has 8 heteroatoms. The molecule has 1 heterocycles. The summed E-state index contributed by atoms with van der Waals surface area (Å²) in [5.74, 6) is -0.964. The standard InChI is InChI=1S/C20H23N3O4S/c1-13(2)20(4,12-21)23-18(24)10-27-19(25)16-7-5-6-8-17(16)26-9-15-11-28-14(3)22-15/h5-8,11,13H,9-10H2,1-4H3,(H,23,24)/t20-/m0/s1. The van der Waals surface area contributed by atoms with E-state index in [4.69, 9.17) is 9.47 Å². The van der Waals surface area contributed by atoms with E-state index >= 15 is 0 Å². The number of carbonyl (C=O) groups excluding carboxylic acids is 2. The van der Waals surface area contributed by atoms with E-state index in [0.29, 0.717) is 5.75 Å². The van der Waals surface area contributed by atoms with Crippen LogP contribution >= 0.6 is 11.3 Å². The van der Waals surface area contributed by atoms with Crippen LogP contribution in [-0.4, -0.2) is 29.0 Å². The maximum Gasteiger partial charge on any atom is 0.342 e. The van der Waals surface area contributed by atoms with Crippen molar-refractivity contribution < 1.29 is 19.1 Å². The van der Waals surface area contributed by atoms with E-state index in [1.807, 2.05) is 26.2 Å². The average Bonchev–Trinajstić information content (AvgIpc) is 3.09. The number of nitrogens with one attached hydrogen (secondary N) is 1. The minimum absolute atomic E-state index is 0.0966. The molecule has 1 amide bonds. The zero-order chi connectivity index (χ0) is 20.7. The number of carbonyl (C=O) groups is 2. The molecule has 0 bridgehead atoms. The van der Waals surface area contributed by atoms with E-state index in [-0.39, 0.29) is 18.1 Å². The number of aryl methyl sites for hydroxylation is 1.